The minimum Gasteiger partial charge on any atom is -0.409 e. The molecular formula is C12H15BrClN3O2. The van der Waals surface area contributed by atoms with Gasteiger partial charge >= 0.3 is 0 Å². The molecule has 0 saturated carbocycles. The summed E-state index contributed by atoms with van der Waals surface area (Å²) in [7, 11) is 0. The molecule has 0 heterocycles. The number of nitrogens with two attached hydrogens (primary N) is 1. The summed E-state index contributed by atoms with van der Waals surface area (Å²) in [6.07, 6.45) is 0. The highest BCUT2D eigenvalue weighted by atomic mass is 79.9. The minimum absolute atomic E-state index is 0.0224. The summed E-state index contributed by atoms with van der Waals surface area (Å²) in [6, 6.07) is 4.41. The van der Waals surface area contributed by atoms with E-state index in [-0.39, 0.29) is 17.7 Å². The Morgan fingerprint density at radius 1 is 1.53 bits per heavy atom. The highest BCUT2D eigenvalue weighted by molar-refractivity contribution is 9.10. The number of hydrogen-bond acceptors (Lipinski definition) is 3. The molecule has 7 heteroatoms. The van der Waals surface area contributed by atoms with Gasteiger partial charge in [-0.2, -0.15) is 0 Å². The van der Waals surface area contributed by atoms with Gasteiger partial charge in [0.15, 0.2) is 5.84 Å². The molecular weight excluding hydrogens is 334 g/mol. The molecule has 1 aromatic rings. The van der Waals surface area contributed by atoms with E-state index in [4.69, 9.17) is 22.5 Å². The van der Waals surface area contributed by atoms with Gasteiger partial charge in [-0.15, -0.1) is 0 Å². The standard InChI is InChI=1S/C12H15BrClN3O2/c1-6(2)10(11(15)17-19)16-12(18)8-5-7(13)3-4-9(8)14/h3-6,10,19H,1-2H3,(H2,15,17)(H,16,18). The van der Waals surface area contributed by atoms with Gasteiger partial charge in [0.25, 0.3) is 5.91 Å². The van der Waals surface area contributed by atoms with Crippen LogP contribution in [-0.2, 0) is 0 Å². The number of carbonyl (C=O) groups excluding carboxylic acids is 1. The Bertz CT molecular complexity index is 506. The smallest absolute Gasteiger partial charge is 0.253 e. The minimum atomic E-state index is -0.562. The molecule has 0 spiro atoms. The molecule has 0 fully saturated rings. The summed E-state index contributed by atoms with van der Waals surface area (Å²) in [5.41, 5.74) is 5.88. The number of amidine groups is 1. The lowest BCUT2D eigenvalue weighted by molar-refractivity contribution is 0.0939. The number of amides is 1. The molecule has 1 atom stereocenters. The van der Waals surface area contributed by atoms with Crippen molar-refractivity contribution in [3.63, 3.8) is 0 Å². The lowest BCUT2D eigenvalue weighted by atomic mass is 10.0. The number of rotatable bonds is 4. The van der Waals surface area contributed by atoms with Crippen LogP contribution in [-0.4, -0.2) is 23.0 Å². The highest BCUT2D eigenvalue weighted by Crippen LogP contribution is 2.21. The number of benzene rings is 1. The van der Waals surface area contributed by atoms with Crippen LogP contribution in [0, 0.1) is 5.92 Å². The van der Waals surface area contributed by atoms with Crippen LogP contribution in [0.25, 0.3) is 0 Å². The third kappa shape index (κ3) is 4.11. The lowest BCUT2D eigenvalue weighted by Gasteiger charge is -2.21. The van der Waals surface area contributed by atoms with E-state index in [1.165, 1.54) is 0 Å². The third-order valence-electron chi connectivity index (χ3n) is 2.56. The number of hydrogen-bond donors (Lipinski definition) is 3. The van der Waals surface area contributed by atoms with Crippen molar-refractivity contribution in [1.29, 1.82) is 0 Å². The topological polar surface area (TPSA) is 87.7 Å². The van der Waals surface area contributed by atoms with Gasteiger partial charge in [-0.05, 0) is 24.1 Å². The van der Waals surface area contributed by atoms with Crippen LogP contribution in [0.15, 0.2) is 27.8 Å². The van der Waals surface area contributed by atoms with E-state index in [2.05, 4.69) is 26.4 Å². The molecule has 19 heavy (non-hydrogen) atoms. The van der Waals surface area contributed by atoms with Crippen molar-refractivity contribution in [2.45, 2.75) is 19.9 Å². The Kier molecular flexibility index (Phi) is 5.62. The number of nitrogens with zero attached hydrogens (tertiary/aromatic N) is 1. The average molecular weight is 349 g/mol. The Hall–Kier alpha value is -1.27. The zero-order valence-corrected chi connectivity index (χ0v) is 12.9. The fourth-order valence-electron chi connectivity index (χ4n) is 1.53. The molecule has 0 aromatic heterocycles. The molecule has 0 aliphatic rings. The van der Waals surface area contributed by atoms with Gasteiger partial charge in [-0.3, -0.25) is 4.79 Å². The second kappa shape index (κ2) is 6.77. The summed E-state index contributed by atoms with van der Waals surface area (Å²) < 4.78 is 0.743. The lowest BCUT2D eigenvalue weighted by Crippen LogP contribution is -2.47. The van der Waals surface area contributed by atoms with Gasteiger partial charge in [0.2, 0.25) is 0 Å². The van der Waals surface area contributed by atoms with Gasteiger partial charge in [-0.1, -0.05) is 46.5 Å². The van der Waals surface area contributed by atoms with E-state index in [1.807, 2.05) is 13.8 Å². The van der Waals surface area contributed by atoms with Gasteiger partial charge in [-0.25, -0.2) is 0 Å². The first-order valence-electron chi connectivity index (χ1n) is 5.60. The monoisotopic (exact) mass is 347 g/mol. The van der Waals surface area contributed by atoms with Crippen LogP contribution in [0.2, 0.25) is 5.02 Å². The van der Waals surface area contributed by atoms with Crippen molar-refractivity contribution in [2.24, 2.45) is 16.8 Å². The molecule has 4 N–H and O–H groups in total. The first kappa shape index (κ1) is 15.8. The summed E-state index contributed by atoms with van der Waals surface area (Å²) in [4.78, 5) is 12.1. The van der Waals surface area contributed by atoms with Crippen molar-refractivity contribution in [1.82, 2.24) is 5.32 Å². The van der Waals surface area contributed by atoms with Gasteiger partial charge in [0.05, 0.1) is 16.6 Å². The molecule has 0 bridgehead atoms. The maximum Gasteiger partial charge on any atom is 0.253 e. The first-order valence-corrected chi connectivity index (χ1v) is 6.77. The molecule has 104 valence electrons. The molecule has 0 saturated heterocycles. The predicted molar refractivity (Wildman–Crippen MR) is 78.7 cm³/mol. The zero-order valence-electron chi connectivity index (χ0n) is 10.5. The average Bonchev–Trinajstić information content (AvgIpc) is 2.37. The van der Waals surface area contributed by atoms with Gasteiger partial charge < -0.3 is 16.3 Å². The van der Waals surface area contributed by atoms with Crippen molar-refractivity contribution < 1.29 is 10.0 Å². The maximum absolute atomic E-state index is 12.1. The predicted octanol–water partition coefficient (Wildman–Crippen LogP) is 2.60. The quantitative estimate of drug-likeness (QED) is 0.338. The summed E-state index contributed by atoms with van der Waals surface area (Å²) in [6.45, 7) is 3.71. The Morgan fingerprint density at radius 2 is 2.16 bits per heavy atom. The first-order chi connectivity index (χ1) is 8.86. The normalized spacial score (nSPS) is 13.4. The SMILES string of the molecule is CC(C)C(NC(=O)c1cc(Br)ccc1Cl)C(N)=NO. The number of nitrogens with one attached hydrogen (secondary N) is 1. The second-order valence-electron chi connectivity index (χ2n) is 4.34. The third-order valence-corrected chi connectivity index (χ3v) is 3.38. The van der Waals surface area contributed by atoms with E-state index in [9.17, 15) is 4.79 Å². The summed E-state index contributed by atoms with van der Waals surface area (Å²) in [5.74, 6) is -0.447. The van der Waals surface area contributed by atoms with E-state index in [0.717, 1.165) is 4.47 Å². The van der Waals surface area contributed by atoms with Crippen LogP contribution in [0.5, 0.6) is 0 Å². The number of halogens is 2. The van der Waals surface area contributed by atoms with Crippen LogP contribution in [0.3, 0.4) is 0 Å². The Labute approximate surface area is 124 Å². The van der Waals surface area contributed by atoms with E-state index in [0.29, 0.717) is 10.6 Å². The van der Waals surface area contributed by atoms with Crippen LogP contribution in [0.1, 0.15) is 24.2 Å². The van der Waals surface area contributed by atoms with Crippen molar-refractivity contribution in [3.05, 3.63) is 33.3 Å². The Balaban J connectivity index is 2.97. The van der Waals surface area contributed by atoms with Crippen molar-refractivity contribution in [3.8, 4) is 0 Å². The van der Waals surface area contributed by atoms with E-state index < -0.39 is 6.04 Å². The molecule has 1 rings (SSSR count). The zero-order chi connectivity index (χ0) is 14.6. The van der Waals surface area contributed by atoms with Crippen LogP contribution >= 0.6 is 27.5 Å². The highest BCUT2D eigenvalue weighted by Gasteiger charge is 2.22. The van der Waals surface area contributed by atoms with Gasteiger partial charge in [0, 0.05) is 4.47 Å². The van der Waals surface area contributed by atoms with Crippen LogP contribution < -0.4 is 11.1 Å². The summed E-state index contributed by atoms with van der Waals surface area (Å²) >= 11 is 9.25. The van der Waals surface area contributed by atoms with Crippen LogP contribution in [0.4, 0.5) is 0 Å². The second-order valence-corrected chi connectivity index (χ2v) is 5.67. The fraction of sp³-hybridized carbons (Fsp3) is 0.333. The van der Waals surface area contributed by atoms with Crippen molar-refractivity contribution >= 4 is 39.3 Å². The molecule has 0 aliphatic heterocycles. The molecule has 5 nitrogen and oxygen atoms in total. The maximum atomic E-state index is 12.1. The number of carbonyl (C=O) groups is 1. The molecule has 0 aliphatic carbocycles. The fourth-order valence-corrected chi connectivity index (χ4v) is 2.10. The largest absolute Gasteiger partial charge is 0.409 e. The molecule has 1 unspecified atom stereocenters. The van der Waals surface area contributed by atoms with Gasteiger partial charge in [0.1, 0.15) is 0 Å². The van der Waals surface area contributed by atoms with E-state index >= 15 is 0 Å². The summed E-state index contributed by atoms with van der Waals surface area (Å²) in [5, 5.41) is 14.7. The Morgan fingerprint density at radius 3 is 2.68 bits per heavy atom. The molecule has 0 radical (unpaired) electrons. The van der Waals surface area contributed by atoms with E-state index in [1.54, 1.807) is 18.2 Å². The molecule has 1 aromatic carbocycles. The van der Waals surface area contributed by atoms with Crippen molar-refractivity contribution in [2.75, 3.05) is 0 Å². The molecule has 1 amide bonds. The number of oxime groups is 1.